The predicted molar refractivity (Wildman–Crippen MR) is 66.6 cm³/mol. The Morgan fingerprint density at radius 3 is 2.44 bits per heavy atom. The summed E-state index contributed by atoms with van der Waals surface area (Å²) in [4.78, 5) is 11.7. The average molecular weight is 241 g/mol. The van der Waals surface area contributed by atoms with E-state index in [1.807, 2.05) is 13.8 Å². The number of nitrogens with one attached hydrogen (secondary N) is 1. The van der Waals surface area contributed by atoms with Gasteiger partial charge in [-0.1, -0.05) is 25.4 Å². The number of carbonyl (C=O) groups excluding carboxylic acids is 1. The van der Waals surface area contributed by atoms with Crippen molar-refractivity contribution in [3.05, 3.63) is 34.9 Å². The van der Waals surface area contributed by atoms with Crippen LogP contribution in [0.1, 0.15) is 24.2 Å². The molecule has 0 spiro atoms. The Labute approximate surface area is 101 Å². The quantitative estimate of drug-likeness (QED) is 0.847. The molecule has 1 atom stereocenters. The second-order valence-corrected chi connectivity index (χ2v) is 4.56. The number of nitrogens with two attached hydrogens (primary N) is 1. The Balaban J connectivity index is 2.50. The molecule has 1 aromatic carbocycles. The van der Waals surface area contributed by atoms with E-state index in [9.17, 15) is 4.79 Å². The molecule has 3 N–H and O–H groups in total. The lowest BCUT2D eigenvalue weighted by Crippen LogP contribution is -2.40. The van der Waals surface area contributed by atoms with Gasteiger partial charge in [-0.05, 0) is 30.2 Å². The maximum atomic E-state index is 11.7. The zero-order valence-corrected chi connectivity index (χ0v) is 10.3. The zero-order chi connectivity index (χ0) is 12.1. The van der Waals surface area contributed by atoms with Crippen LogP contribution in [0.25, 0.3) is 0 Å². The molecule has 1 unspecified atom stereocenters. The van der Waals surface area contributed by atoms with Crippen LogP contribution in [-0.4, -0.2) is 18.5 Å². The van der Waals surface area contributed by atoms with Gasteiger partial charge in [0.1, 0.15) is 0 Å². The Hall–Kier alpha value is -1.06. The Morgan fingerprint density at radius 2 is 1.94 bits per heavy atom. The summed E-state index contributed by atoms with van der Waals surface area (Å²) in [5.41, 5.74) is 6.43. The minimum absolute atomic E-state index is 0.0174. The molecule has 88 valence electrons. The first-order chi connectivity index (χ1) is 7.50. The molecule has 0 bridgehead atoms. The monoisotopic (exact) mass is 240 g/mol. The van der Waals surface area contributed by atoms with Gasteiger partial charge in [-0.2, -0.15) is 0 Å². The van der Waals surface area contributed by atoms with Crippen molar-refractivity contribution in [2.75, 3.05) is 6.54 Å². The molecular weight excluding hydrogens is 224 g/mol. The molecule has 0 fully saturated rings. The second kappa shape index (κ2) is 5.87. The van der Waals surface area contributed by atoms with Crippen molar-refractivity contribution in [3.8, 4) is 0 Å². The molecule has 0 saturated carbocycles. The second-order valence-electron chi connectivity index (χ2n) is 4.12. The molecule has 16 heavy (non-hydrogen) atoms. The van der Waals surface area contributed by atoms with Crippen LogP contribution in [0.3, 0.4) is 0 Å². The molecule has 1 amide bonds. The highest BCUT2D eigenvalue weighted by Gasteiger charge is 2.10. The molecule has 0 heterocycles. The lowest BCUT2D eigenvalue weighted by molar-refractivity contribution is 0.0949. The van der Waals surface area contributed by atoms with Crippen molar-refractivity contribution < 1.29 is 4.79 Å². The first-order valence-corrected chi connectivity index (χ1v) is 5.68. The van der Waals surface area contributed by atoms with E-state index in [-0.39, 0.29) is 11.9 Å². The van der Waals surface area contributed by atoms with E-state index < -0.39 is 0 Å². The number of halogens is 1. The largest absolute Gasteiger partial charge is 0.350 e. The number of carbonyl (C=O) groups is 1. The third-order valence-corrected chi connectivity index (χ3v) is 2.71. The fourth-order valence-electron chi connectivity index (χ4n) is 1.15. The van der Waals surface area contributed by atoms with Crippen molar-refractivity contribution in [1.29, 1.82) is 0 Å². The van der Waals surface area contributed by atoms with Crippen molar-refractivity contribution >= 4 is 17.5 Å². The summed E-state index contributed by atoms with van der Waals surface area (Å²) in [6, 6.07) is 6.76. The van der Waals surface area contributed by atoms with Gasteiger partial charge in [0, 0.05) is 23.2 Å². The summed E-state index contributed by atoms with van der Waals surface area (Å²) in [5, 5.41) is 3.41. The molecule has 4 heteroatoms. The van der Waals surface area contributed by atoms with Crippen molar-refractivity contribution in [2.24, 2.45) is 11.7 Å². The zero-order valence-electron chi connectivity index (χ0n) is 9.53. The molecule has 0 aromatic heterocycles. The third kappa shape index (κ3) is 3.83. The van der Waals surface area contributed by atoms with Crippen LogP contribution in [-0.2, 0) is 0 Å². The molecule has 0 aliphatic heterocycles. The van der Waals surface area contributed by atoms with Gasteiger partial charge in [0.25, 0.3) is 5.91 Å². The van der Waals surface area contributed by atoms with Gasteiger partial charge >= 0.3 is 0 Å². The normalized spacial score (nSPS) is 12.6. The Kier molecular flexibility index (Phi) is 4.77. The van der Waals surface area contributed by atoms with Crippen LogP contribution in [0.5, 0.6) is 0 Å². The van der Waals surface area contributed by atoms with E-state index in [1.54, 1.807) is 24.3 Å². The van der Waals surface area contributed by atoms with Crippen LogP contribution >= 0.6 is 11.6 Å². The van der Waals surface area contributed by atoms with Gasteiger partial charge in [-0.15, -0.1) is 0 Å². The SMILES string of the molecule is CC(C)C(N)CNC(=O)c1ccc(Cl)cc1. The first kappa shape index (κ1) is 13.0. The highest BCUT2D eigenvalue weighted by Crippen LogP contribution is 2.09. The predicted octanol–water partition coefficient (Wildman–Crippen LogP) is 2.05. The van der Waals surface area contributed by atoms with Crippen molar-refractivity contribution in [2.45, 2.75) is 19.9 Å². The number of amides is 1. The summed E-state index contributed by atoms with van der Waals surface area (Å²) >= 11 is 5.73. The van der Waals surface area contributed by atoms with Crippen LogP contribution in [0.2, 0.25) is 5.02 Å². The van der Waals surface area contributed by atoms with Gasteiger partial charge in [-0.3, -0.25) is 4.79 Å². The number of hydrogen-bond acceptors (Lipinski definition) is 2. The third-order valence-electron chi connectivity index (χ3n) is 2.46. The fourth-order valence-corrected chi connectivity index (χ4v) is 1.28. The highest BCUT2D eigenvalue weighted by atomic mass is 35.5. The van der Waals surface area contributed by atoms with Crippen LogP contribution in [0, 0.1) is 5.92 Å². The molecule has 1 aromatic rings. The first-order valence-electron chi connectivity index (χ1n) is 5.30. The van der Waals surface area contributed by atoms with Gasteiger partial charge in [-0.25, -0.2) is 0 Å². The minimum atomic E-state index is -0.118. The maximum absolute atomic E-state index is 11.7. The molecule has 1 rings (SSSR count). The summed E-state index contributed by atoms with van der Waals surface area (Å²) in [6.07, 6.45) is 0. The highest BCUT2D eigenvalue weighted by molar-refractivity contribution is 6.30. The van der Waals surface area contributed by atoms with E-state index in [0.29, 0.717) is 23.0 Å². The number of hydrogen-bond donors (Lipinski definition) is 2. The molecule has 0 aliphatic carbocycles. The molecule has 0 aliphatic rings. The maximum Gasteiger partial charge on any atom is 0.251 e. The lowest BCUT2D eigenvalue weighted by atomic mass is 10.1. The standard InChI is InChI=1S/C12H17ClN2O/c1-8(2)11(14)7-15-12(16)9-3-5-10(13)6-4-9/h3-6,8,11H,7,14H2,1-2H3,(H,15,16). The van der Waals surface area contributed by atoms with Gasteiger partial charge in [0.05, 0.1) is 0 Å². The van der Waals surface area contributed by atoms with Crippen molar-refractivity contribution in [1.82, 2.24) is 5.32 Å². The topological polar surface area (TPSA) is 55.1 Å². The van der Waals surface area contributed by atoms with E-state index in [4.69, 9.17) is 17.3 Å². The lowest BCUT2D eigenvalue weighted by Gasteiger charge is -2.16. The Morgan fingerprint density at radius 1 is 1.38 bits per heavy atom. The summed E-state index contributed by atoms with van der Waals surface area (Å²) in [5.74, 6) is 0.235. The molecule has 0 radical (unpaired) electrons. The number of benzene rings is 1. The van der Waals surface area contributed by atoms with E-state index in [2.05, 4.69) is 5.32 Å². The summed E-state index contributed by atoms with van der Waals surface area (Å²) in [7, 11) is 0. The molecular formula is C12H17ClN2O. The molecule has 3 nitrogen and oxygen atoms in total. The van der Waals surface area contributed by atoms with E-state index >= 15 is 0 Å². The Bertz CT molecular complexity index is 349. The van der Waals surface area contributed by atoms with Crippen LogP contribution in [0.4, 0.5) is 0 Å². The minimum Gasteiger partial charge on any atom is -0.350 e. The summed E-state index contributed by atoms with van der Waals surface area (Å²) in [6.45, 7) is 4.54. The van der Waals surface area contributed by atoms with Gasteiger partial charge in [0.2, 0.25) is 0 Å². The number of rotatable bonds is 4. The van der Waals surface area contributed by atoms with Crippen molar-refractivity contribution in [3.63, 3.8) is 0 Å². The van der Waals surface area contributed by atoms with Gasteiger partial charge < -0.3 is 11.1 Å². The van der Waals surface area contributed by atoms with Crippen LogP contribution < -0.4 is 11.1 Å². The summed E-state index contributed by atoms with van der Waals surface area (Å²) < 4.78 is 0. The smallest absolute Gasteiger partial charge is 0.251 e. The van der Waals surface area contributed by atoms with Gasteiger partial charge in [0.15, 0.2) is 0 Å². The van der Waals surface area contributed by atoms with E-state index in [1.165, 1.54) is 0 Å². The fraction of sp³-hybridized carbons (Fsp3) is 0.417. The average Bonchev–Trinajstić information content (AvgIpc) is 2.26. The van der Waals surface area contributed by atoms with Crippen LogP contribution in [0.15, 0.2) is 24.3 Å². The van der Waals surface area contributed by atoms with E-state index in [0.717, 1.165) is 0 Å². The molecule has 0 saturated heterocycles.